The zero-order chi connectivity index (χ0) is 21.7. The van der Waals surface area contributed by atoms with Crippen molar-refractivity contribution in [3.05, 3.63) is 0 Å². The van der Waals surface area contributed by atoms with Crippen LogP contribution in [0.1, 0.15) is 0 Å². The van der Waals surface area contributed by atoms with Crippen LogP contribution in [0.5, 0.6) is 0 Å². The maximum atomic E-state index is 8.88. The lowest BCUT2D eigenvalue weighted by molar-refractivity contribution is 0.272. The van der Waals surface area contributed by atoms with E-state index < -0.39 is 15.6 Å². The third-order valence-electron chi connectivity index (χ3n) is 2.87. The largest absolute Gasteiger partial charge is 0.466 e. The predicted molar refractivity (Wildman–Crippen MR) is 106 cm³/mol. The normalized spacial score (nSPS) is 19.6. The van der Waals surface area contributed by atoms with Crippen molar-refractivity contribution in [3.63, 3.8) is 0 Å². The van der Waals surface area contributed by atoms with Gasteiger partial charge in [-0.1, -0.05) is 0 Å². The molecule has 3 saturated heterocycles. The van der Waals surface area contributed by atoms with Crippen molar-refractivity contribution in [2.24, 2.45) is 0 Å². The van der Waals surface area contributed by atoms with E-state index in [4.69, 9.17) is 38.5 Å². The van der Waals surface area contributed by atoms with Gasteiger partial charge in [0.05, 0.1) is 0 Å². The van der Waals surface area contributed by atoms with Gasteiger partial charge in [-0.25, -0.2) is 9.13 Å². The molecule has 0 spiro atoms. The predicted octanol–water partition coefficient (Wildman–Crippen LogP) is -4.32. The summed E-state index contributed by atoms with van der Waals surface area (Å²) in [6.45, 7) is 13.7. The lowest BCUT2D eigenvalue weighted by Gasteiger charge is -2.11. The molecular formula is C12H36N6O8P2. The zero-order valence-corrected chi connectivity index (χ0v) is 17.7. The van der Waals surface area contributed by atoms with Gasteiger partial charge in [-0.2, -0.15) is 0 Å². The van der Waals surface area contributed by atoms with Crippen molar-refractivity contribution in [1.29, 1.82) is 0 Å². The first kappa shape index (κ1) is 30.2. The number of rotatable bonds is 0. The average molecular weight is 454 g/mol. The first-order valence-electron chi connectivity index (χ1n) is 8.81. The van der Waals surface area contributed by atoms with E-state index in [0.29, 0.717) is 0 Å². The van der Waals surface area contributed by atoms with E-state index in [0.717, 1.165) is 78.5 Å². The van der Waals surface area contributed by atoms with Crippen LogP contribution in [0.2, 0.25) is 0 Å². The molecule has 3 rings (SSSR count). The van der Waals surface area contributed by atoms with Gasteiger partial charge >= 0.3 is 15.6 Å². The van der Waals surface area contributed by atoms with Crippen LogP contribution in [0, 0.1) is 0 Å². The van der Waals surface area contributed by atoms with Crippen LogP contribution in [-0.2, 0) is 9.13 Å². The third kappa shape index (κ3) is 50.1. The summed E-state index contributed by atoms with van der Waals surface area (Å²) in [7, 11) is -9.28. The molecule has 0 aliphatic carbocycles. The molecule has 3 fully saturated rings. The molecular weight excluding hydrogens is 418 g/mol. The van der Waals surface area contributed by atoms with Gasteiger partial charge in [0.1, 0.15) is 0 Å². The molecule has 12 N–H and O–H groups in total. The quantitative estimate of drug-likeness (QED) is 0.155. The van der Waals surface area contributed by atoms with Gasteiger partial charge in [-0.3, -0.25) is 0 Å². The lowest BCUT2D eigenvalue weighted by atomic mass is 10.4. The fraction of sp³-hybridized carbons (Fsp3) is 1.00. The molecule has 28 heavy (non-hydrogen) atoms. The summed E-state index contributed by atoms with van der Waals surface area (Å²) in [6.07, 6.45) is 0. The Morgan fingerprint density at radius 2 is 0.429 bits per heavy atom. The first-order chi connectivity index (χ1) is 13.0. The fourth-order valence-corrected chi connectivity index (χ4v) is 1.81. The molecule has 0 radical (unpaired) electrons. The van der Waals surface area contributed by atoms with Crippen LogP contribution >= 0.6 is 15.6 Å². The molecule has 16 heteroatoms. The molecule has 14 nitrogen and oxygen atoms in total. The second-order valence-corrected chi connectivity index (χ2v) is 7.58. The minimum absolute atomic E-state index is 1.14. The van der Waals surface area contributed by atoms with Crippen molar-refractivity contribution >= 4 is 15.6 Å². The monoisotopic (exact) mass is 454 g/mol. The van der Waals surface area contributed by atoms with E-state index in [1.54, 1.807) is 0 Å². The van der Waals surface area contributed by atoms with Gasteiger partial charge in [0, 0.05) is 78.5 Å². The molecule has 0 aromatic rings. The highest BCUT2D eigenvalue weighted by Crippen LogP contribution is 2.26. The topological polar surface area (TPSA) is 228 Å². The number of phosphoric acid groups is 2. The molecule has 0 atom stereocenters. The van der Waals surface area contributed by atoms with Gasteiger partial charge in [0.25, 0.3) is 0 Å². The van der Waals surface area contributed by atoms with Gasteiger partial charge in [-0.15, -0.1) is 0 Å². The maximum Gasteiger partial charge on any atom is 0.466 e. The molecule has 0 saturated carbocycles. The second kappa shape index (κ2) is 20.3. The second-order valence-electron chi connectivity index (χ2n) is 5.53. The lowest BCUT2D eigenvalue weighted by Crippen LogP contribution is -2.39. The Hall–Kier alpha value is -0.0200. The molecule has 0 amide bonds. The van der Waals surface area contributed by atoms with Crippen molar-refractivity contribution in [2.45, 2.75) is 0 Å². The van der Waals surface area contributed by atoms with Crippen molar-refractivity contribution in [1.82, 2.24) is 31.9 Å². The van der Waals surface area contributed by atoms with Crippen LogP contribution in [0.15, 0.2) is 0 Å². The van der Waals surface area contributed by atoms with Gasteiger partial charge in [0.15, 0.2) is 0 Å². The average Bonchev–Trinajstić information content (AvgIpc) is 2.64. The number of hydrogen-bond acceptors (Lipinski definition) is 8. The van der Waals surface area contributed by atoms with E-state index in [1.807, 2.05) is 0 Å². The van der Waals surface area contributed by atoms with E-state index >= 15 is 0 Å². The van der Waals surface area contributed by atoms with Gasteiger partial charge < -0.3 is 61.3 Å². The summed E-state index contributed by atoms with van der Waals surface area (Å²) in [4.78, 5) is 43.1. The van der Waals surface area contributed by atoms with Crippen LogP contribution in [0.25, 0.3) is 0 Å². The standard InChI is InChI=1S/3C4H10N2.2H3O4P/c3*1-2-6-4-3-5-1;2*1-5(2,3)4/h3*5-6H,1-4H2;2*(H3,1,2,3,4). The summed E-state index contributed by atoms with van der Waals surface area (Å²) in [5.41, 5.74) is 0. The summed E-state index contributed by atoms with van der Waals surface area (Å²) < 4.78 is 17.8. The SMILES string of the molecule is C1CNCCN1.C1CNCCN1.C1CNCCN1.O=P(O)(O)O.O=P(O)(O)O. The summed E-state index contributed by atoms with van der Waals surface area (Å²) in [5, 5.41) is 19.3. The van der Waals surface area contributed by atoms with E-state index in [1.165, 1.54) is 0 Å². The Labute approximate surface area is 165 Å². The molecule has 0 aromatic carbocycles. The maximum absolute atomic E-state index is 8.88. The van der Waals surface area contributed by atoms with Crippen molar-refractivity contribution < 1.29 is 38.5 Å². The van der Waals surface area contributed by atoms with Crippen LogP contribution in [0.3, 0.4) is 0 Å². The molecule has 3 aliphatic heterocycles. The van der Waals surface area contributed by atoms with Gasteiger partial charge in [-0.05, 0) is 0 Å². The highest BCUT2D eigenvalue weighted by Gasteiger charge is 2.00. The molecule has 0 aromatic heterocycles. The molecule has 3 aliphatic rings. The summed E-state index contributed by atoms with van der Waals surface area (Å²) in [5.74, 6) is 0. The Balaban J connectivity index is 0. The van der Waals surface area contributed by atoms with Crippen LogP contribution in [0.4, 0.5) is 0 Å². The zero-order valence-electron chi connectivity index (χ0n) is 15.9. The highest BCUT2D eigenvalue weighted by atomic mass is 31.2. The first-order valence-corrected chi connectivity index (χ1v) is 11.9. The van der Waals surface area contributed by atoms with Gasteiger partial charge in [0.2, 0.25) is 0 Å². The van der Waals surface area contributed by atoms with Crippen molar-refractivity contribution in [3.8, 4) is 0 Å². The molecule has 172 valence electrons. The highest BCUT2D eigenvalue weighted by molar-refractivity contribution is 7.45. The minimum atomic E-state index is -4.64. The van der Waals surface area contributed by atoms with E-state index in [-0.39, 0.29) is 0 Å². The Kier molecular flexibility index (Phi) is 21.8. The molecule has 3 heterocycles. The Morgan fingerprint density at radius 3 is 0.464 bits per heavy atom. The summed E-state index contributed by atoms with van der Waals surface area (Å²) >= 11 is 0. The number of hydrogen-bond donors (Lipinski definition) is 12. The van der Waals surface area contributed by atoms with E-state index in [9.17, 15) is 0 Å². The van der Waals surface area contributed by atoms with E-state index in [2.05, 4.69) is 31.9 Å². The Morgan fingerprint density at radius 1 is 0.357 bits per heavy atom. The summed E-state index contributed by atoms with van der Waals surface area (Å²) in [6, 6.07) is 0. The molecule has 0 bridgehead atoms. The van der Waals surface area contributed by atoms with Crippen LogP contribution in [-0.4, -0.2) is 108 Å². The smallest absolute Gasteiger partial charge is 0.314 e. The van der Waals surface area contributed by atoms with Crippen molar-refractivity contribution in [2.75, 3.05) is 78.5 Å². The Bertz CT molecular complexity index is 313. The number of nitrogens with one attached hydrogen (secondary N) is 6. The minimum Gasteiger partial charge on any atom is -0.314 e. The number of piperazine rings is 3. The fourth-order valence-electron chi connectivity index (χ4n) is 1.81. The molecule has 0 unspecified atom stereocenters. The van der Waals surface area contributed by atoms with Crippen LogP contribution < -0.4 is 31.9 Å². The third-order valence-corrected chi connectivity index (χ3v) is 2.87.